The number of aryl methyl sites for hydroxylation is 1. The van der Waals surface area contributed by atoms with Gasteiger partial charge < -0.3 is 10.6 Å². The van der Waals surface area contributed by atoms with Crippen LogP contribution in [-0.2, 0) is 4.79 Å². The quantitative estimate of drug-likeness (QED) is 0.881. The summed E-state index contributed by atoms with van der Waals surface area (Å²) in [5, 5.41) is 6.47. The average Bonchev–Trinajstić information content (AvgIpc) is 2.44. The number of carbonyl (C=O) groups is 1. The van der Waals surface area contributed by atoms with Gasteiger partial charge in [0.2, 0.25) is 5.91 Å². The van der Waals surface area contributed by atoms with E-state index in [0.29, 0.717) is 5.92 Å². The molecule has 2 N–H and O–H groups in total. The van der Waals surface area contributed by atoms with Crippen molar-refractivity contribution in [2.45, 2.75) is 33.6 Å². The Morgan fingerprint density at radius 2 is 2.20 bits per heavy atom. The smallest absolute Gasteiger partial charge is 0.230 e. The van der Waals surface area contributed by atoms with Gasteiger partial charge in [0.15, 0.2) is 0 Å². The summed E-state index contributed by atoms with van der Waals surface area (Å²) in [6.45, 7) is 8.11. The van der Waals surface area contributed by atoms with Gasteiger partial charge in [0, 0.05) is 9.89 Å². The summed E-state index contributed by atoms with van der Waals surface area (Å²) in [5.74, 6) is 0.484. The minimum Gasteiger partial charge on any atom is -0.325 e. The van der Waals surface area contributed by atoms with Gasteiger partial charge in [-0.3, -0.25) is 4.79 Å². The van der Waals surface area contributed by atoms with Crippen LogP contribution >= 0.6 is 15.9 Å². The minimum absolute atomic E-state index is 0.0949. The second-order valence-electron chi connectivity index (χ2n) is 6.16. The van der Waals surface area contributed by atoms with Crippen molar-refractivity contribution in [2.75, 3.05) is 18.4 Å². The summed E-state index contributed by atoms with van der Waals surface area (Å²) in [7, 11) is 0. The predicted molar refractivity (Wildman–Crippen MR) is 86.9 cm³/mol. The van der Waals surface area contributed by atoms with Gasteiger partial charge in [-0.15, -0.1) is 0 Å². The molecule has 0 saturated carbocycles. The maximum atomic E-state index is 12.6. The van der Waals surface area contributed by atoms with Gasteiger partial charge in [-0.2, -0.15) is 0 Å². The van der Waals surface area contributed by atoms with E-state index in [2.05, 4.69) is 26.6 Å². The molecular weight excluding hydrogens is 316 g/mol. The number of piperidine rings is 1. The third-order valence-corrected chi connectivity index (χ3v) is 5.40. The predicted octanol–water partition coefficient (Wildman–Crippen LogP) is 3.72. The highest BCUT2D eigenvalue weighted by Crippen LogP contribution is 2.34. The molecular formula is C16H23BrN2O. The van der Waals surface area contributed by atoms with E-state index in [1.807, 2.05) is 39.0 Å². The van der Waals surface area contributed by atoms with Crippen LogP contribution in [0.3, 0.4) is 0 Å². The fraction of sp³-hybridized carbons (Fsp3) is 0.562. The summed E-state index contributed by atoms with van der Waals surface area (Å²) in [5.41, 5.74) is 1.61. The molecule has 0 bridgehead atoms. The van der Waals surface area contributed by atoms with Crippen LogP contribution in [0.5, 0.6) is 0 Å². The Hall–Kier alpha value is -0.870. The third kappa shape index (κ3) is 3.23. The number of anilines is 1. The van der Waals surface area contributed by atoms with Gasteiger partial charge in [-0.25, -0.2) is 0 Å². The van der Waals surface area contributed by atoms with Crippen molar-refractivity contribution in [2.24, 2.45) is 11.3 Å². The van der Waals surface area contributed by atoms with Crippen LogP contribution in [0, 0.1) is 18.3 Å². The van der Waals surface area contributed by atoms with E-state index in [9.17, 15) is 4.79 Å². The zero-order valence-electron chi connectivity index (χ0n) is 12.4. The average molecular weight is 339 g/mol. The lowest BCUT2D eigenvalue weighted by Crippen LogP contribution is -2.44. The number of halogens is 1. The van der Waals surface area contributed by atoms with Gasteiger partial charge in [0.25, 0.3) is 0 Å². The van der Waals surface area contributed by atoms with Crippen LogP contribution in [0.4, 0.5) is 5.69 Å². The van der Waals surface area contributed by atoms with Gasteiger partial charge in [-0.1, -0.05) is 26.0 Å². The topological polar surface area (TPSA) is 41.1 Å². The summed E-state index contributed by atoms with van der Waals surface area (Å²) in [6.07, 6.45) is 2.26. The van der Waals surface area contributed by atoms with E-state index >= 15 is 0 Å². The normalized spacial score (nSPS) is 19.7. The largest absolute Gasteiger partial charge is 0.325 e. The zero-order chi connectivity index (χ0) is 14.8. The first-order chi connectivity index (χ1) is 9.43. The highest BCUT2D eigenvalue weighted by molar-refractivity contribution is 9.10. The van der Waals surface area contributed by atoms with E-state index in [1.165, 1.54) is 0 Å². The van der Waals surface area contributed by atoms with E-state index in [1.54, 1.807) is 0 Å². The van der Waals surface area contributed by atoms with E-state index in [0.717, 1.165) is 41.7 Å². The molecule has 4 heteroatoms. The molecule has 1 heterocycles. The molecule has 1 aromatic rings. The molecule has 3 nitrogen and oxygen atoms in total. The summed E-state index contributed by atoms with van der Waals surface area (Å²) >= 11 is 3.54. The second-order valence-corrected chi connectivity index (χ2v) is 6.95. The van der Waals surface area contributed by atoms with E-state index in [4.69, 9.17) is 0 Å². The Labute approximate surface area is 129 Å². The lowest BCUT2D eigenvalue weighted by Gasteiger charge is -2.36. The van der Waals surface area contributed by atoms with Crippen LogP contribution in [0.15, 0.2) is 22.7 Å². The highest BCUT2D eigenvalue weighted by atomic mass is 79.9. The van der Waals surface area contributed by atoms with Crippen LogP contribution in [0.2, 0.25) is 0 Å². The maximum absolute atomic E-state index is 12.6. The molecule has 1 aromatic carbocycles. The molecule has 1 unspecified atom stereocenters. The van der Waals surface area contributed by atoms with Crippen molar-refractivity contribution < 1.29 is 4.79 Å². The molecule has 0 spiro atoms. The van der Waals surface area contributed by atoms with Crippen molar-refractivity contribution in [1.29, 1.82) is 0 Å². The fourth-order valence-corrected chi connectivity index (χ4v) is 3.04. The highest BCUT2D eigenvalue weighted by Gasteiger charge is 2.37. The van der Waals surface area contributed by atoms with Crippen molar-refractivity contribution in [1.82, 2.24) is 5.32 Å². The fourth-order valence-electron chi connectivity index (χ4n) is 2.68. The first-order valence-corrected chi connectivity index (χ1v) is 7.99. The maximum Gasteiger partial charge on any atom is 0.230 e. The number of nitrogens with one attached hydrogen (secondary N) is 2. The van der Waals surface area contributed by atoms with Gasteiger partial charge >= 0.3 is 0 Å². The second kappa shape index (κ2) is 6.27. The third-order valence-electron chi connectivity index (χ3n) is 4.34. The Morgan fingerprint density at radius 3 is 2.85 bits per heavy atom. The Morgan fingerprint density at radius 1 is 1.45 bits per heavy atom. The molecule has 1 amide bonds. The van der Waals surface area contributed by atoms with Crippen molar-refractivity contribution in [3.8, 4) is 0 Å². The van der Waals surface area contributed by atoms with Crippen LogP contribution in [0.25, 0.3) is 0 Å². The number of hydrogen-bond donors (Lipinski definition) is 2. The van der Waals surface area contributed by atoms with Crippen LogP contribution in [-0.4, -0.2) is 19.0 Å². The van der Waals surface area contributed by atoms with Crippen molar-refractivity contribution >= 4 is 27.5 Å². The standard InChI is InChI=1S/C16H23BrN2O/c1-11-6-4-8-13(14(11)17)19-15(20)16(2,3)12-7-5-9-18-10-12/h4,6,8,12,18H,5,7,9-10H2,1-3H3,(H,19,20). The molecule has 0 aromatic heterocycles. The van der Waals surface area contributed by atoms with Crippen molar-refractivity contribution in [3.05, 3.63) is 28.2 Å². The zero-order valence-corrected chi connectivity index (χ0v) is 14.0. The summed E-state index contributed by atoms with van der Waals surface area (Å²) in [6, 6.07) is 5.92. The summed E-state index contributed by atoms with van der Waals surface area (Å²) < 4.78 is 0.964. The summed E-state index contributed by atoms with van der Waals surface area (Å²) in [4.78, 5) is 12.6. The number of amides is 1. The Bertz CT molecular complexity index is 493. The lowest BCUT2D eigenvalue weighted by molar-refractivity contribution is -0.127. The molecule has 1 aliphatic rings. The number of rotatable bonds is 3. The first kappa shape index (κ1) is 15.5. The first-order valence-electron chi connectivity index (χ1n) is 7.20. The van der Waals surface area contributed by atoms with E-state index < -0.39 is 0 Å². The molecule has 0 aliphatic carbocycles. The Kier molecular flexibility index (Phi) is 4.86. The molecule has 1 aliphatic heterocycles. The van der Waals surface area contributed by atoms with Gasteiger partial charge in [0.1, 0.15) is 0 Å². The van der Waals surface area contributed by atoms with Crippen LogP contribution < -0.4 is 10.6 Å². The number of hydrogen-bond acceptors (Lipinski definition) is 2. The SMILES string of the molecule is Cc1cccc(NC(=O)C(C)(C)C2CCCNC2)c1Br. The lowest BCUT2D eigenvalue weighted by atomic mass is 9.74. The molecule has 20 heavy (non-hydrogen) atoms. The number of benzene rings is 1. The Balaban J connectivity index is 2.12. The minimum atomic E-state index is -0.364. The molecule has 1 fully saturated rings. The molecule has 1 atom stereocenters. The van der Waals surface area contributed by atoms with Gasteiger partial charge in [0.05, 0.1) is 5.69 Å². The molecule has 0 radical (unpaired) electrons. The number of carbonyl (C=O) groups excluding carboxylic acids is 1. The molecule has 2 rings (SSSR count). The van der Waals surface area contributed by atoms with Crippen LogP contribution in [0.1, 0.15) is 32.3 Å². The van der Waals surface area contributed by atoms with Gasteiger partial charge in [-0.05, 0) is 66.3 Å². The molecule has 110 valence electrons. The van der Waals surface area contributed by atoms with E-state index in [-0.39, 0.29) is 11.3 Å². The molecule has 1 saturated heterocycles. The monoisotopic (exact) mass is 338 g/mol. The van der Waals surface area contributed by atoms with Crippen molar-refractivity contribution in [3.63, 3.8) is 0 Å².